The van der Waals surface area contributed by atoms with E-state index in [0.717, 1.165) is 23.1 Å². The van der Waals surface area contributed by atoms with Gasteiger partial charge in [0.25, 0.3) is 5.91 Å². The Morgan fingerprint density at radius 1 is 1.16 bits per heavy atom. The highest BCUT2D eigenvalue weighted by Gasteiger charge is 2.38. The molecule has 2 heterocycles. The van der Waals surface area contributed by atoms with Crippen molar-refractivity contribution in [3.8, 4) is 0 Å². The average Bonchev–Trinajstić information content (AvgIpc) is 2.92. The van der Waals surface area contributed by atoms with Gasteiger partial charge in [0, 0.05) is 18.5 Å². The number of amides is 3. The zero-order valence-electron chi connectivity index (χ0n) is 13.6. The number of imide groups is 1. The maximum absolute atomic E-state index is 12.6. The smallest absolute Gasteiger partial charge is 0.255 e. The number of rotatable bonds is 3. The van der Waals surface area contributed by atoms with Gasteiger partial charge >= 0.3 is 0 Å². The molecule has 2 aromatic rings. The Bertz CT molecular complexity index is 860. The minimum absolute atomic E-state index is 0.135. The van der Waals surface area contributed by atoms with Gasteiger partial charge in [0.1, 0.15) is 6.04 Å². The Balaban J connectivity index is 1.55. The number of carbonyl (C=O) groups excluding carboxylic acids is 3. The van der Waals surface area contributed by atoms with Crippen LogP contribution in [0.5, 0.6) is 0 Å². The molecular weight excluding hydrogens is 316 g/mol. The molecular formula is C20H17N2O3. The van der Waals surface area contributed by atoms with Crippen LogP contribution in [0.4, 0.5) is 0 Å². The molecule has 2 aliphatic rings. The second-order valence-electron chi connectivity index (χ2n) is 6.48. The molecule has 1 fully saturated rings. The first-order chi connectivity index (χ1) is 12.1. The van der Waals surface area contributed by atoms with Crippen LogP contribution in [0.2, 0.25) is 0 Å². The van der Waals surface area contributed by atoms with E-state index in [1.165, 1.54) is 0 Å². The molecule has 1 radical (unpaired) electrons. The van der Waals surface area contributed by atoms with Gasteiger partial charge in [0.15, 0.2) is 0 Å². The Labute approximate surface area is 145 Å². The topological polar surface area (TPSA) is 66.5 Å². The summed E-state index contributed by atoms with van der Waals surface area (Å²) in [6.45, 7) is 0.412. The normalized spacial score (nSPS) is 19.8. The van der Waals surface area contributed by atoms with Gasteiger partial charge in [-0.15, -0.1) is 0 Å². The van der Waals surface area contributed by atoms with Gasteiger partial charge in [-0.25, -0.2) is 0 Å². The molecule has 1 atom stereocenters. The lowest BCUT2D eigenvalue weighted by molar-refractivity contribution is -0.136. The van der Waals surface area contributed by atoms with Crippen molar-refractivity contribution in [2.24, 2.45) is 0 Å². The van der Waals surface area contributed by atoms with Gasteiger partial charge < -0.3 is 4.90 Å². The number of piperidine rings is 1. The van der Waals surface area contributed by atoms with E-state index in [1.807, 2.05) is 42.5 Å². The SMILES string of the molecule is O=C1CCC(N2Cc3cc(Cc4c[c]ccc4)ccc3C2=O)C(=O)N1. The van der Waals surface area contributed by atoms with Crippen LogP contribution < -0.4 is 5.32 Å². The van der Waals surface area contributed by atoms with Crippen molar-refractivity contribution in [3.63, 3.8) is 0 Å². The van der Waals surface area contributed by atoms with E-state index in [0.29, 0.717) is 18.5 Å². The third-order valence-corrected chi connectivity index (χ3v) is 4.77. The predicted molar refractivity (Wildman–Crippen MR) is 90.6 cm³/mol. The highest BCUT2D eigenvalue weighted by atomic mass is 16.2. The first-order valence-electron chi connectivity index (χ1n) is 8.33. The predicted octanol–water partition coefficient (Wildman–Crippen LogP) is 1.84. The molecule has 1 unspecified atom stereocenters. The summed E-state index contributed by atoms with van der Waals surface area (Å²) in [4.78, 5) is 37.6. The first kappa shape index (κ1) is 15.6. The fourth-order valence-corrected chi connectivity index (χ4v) is 3.51. The number of hydrogen-bond donors (Lipinski definition) is 1. The monoisotopic (exact) mass is 333 g/mol. The lowest BCUT2D eigenvalue weighted by atomic mass is 10.0. The largest absolute Gasteiger partial charge is 0.322 e. The molecule has 0 aromatic heterocycles. The Kier molecular flexibility index (Phi) is 3.84. The van der Waals surface area contributed by atoms with Crippen LogP contribution in [0.3, 0.4) is 0 Å². The number of hydrogen-bond acceptors (Lipinski definition) is 3. The minimum atomic E-state index is -0.565. The van der Waals surface area contributed by atoms with Crippen molar-refractivity contribution in [2.75, 3.05) is 0 Å². The molecule has 2 aromatic carbocycles. The quantitative estimate of drug-likeness (QED) is 0.872. The van der Waals surface area contributed by atoms with Gasteiger partial charge in [0.2, 0.25) is 11.8 Å². The number of nitrogens with zero attached hydrogens (tertiary/aromatic N) is 1. The van der Waals surface area contributed by atoms with Crippen LogP contribution in [0.15, 0.2) is 42.5 Å². The molecule has 4 rings (SSSR count). The zero-order chi connectivity index (χ0) is 17.4. The van der Waals surface area contributed by atoms with E-state index in [2.05, 4.69) is 11.4 Å². The van der Waals surface area contributed by atoms with Crippen molar-refractivity contribution in [1.29, 1.82) is 0 Å². The highest BCUT2D eigenvalue weighted by Crippen LogP contribution is 2.28. The molecule has 3 amide bonds. The Morgan fingerprint density at radius 3 is 2.80 bits per heavy atom. The van der Waals surface area contributed by atoms with Gasteiger partial charge in [-0.05, 0) is 41.7 Å². The van der Waals surface area contributed by atoms with Gasteiger partial charge in [-0.3, -0.25) is 19.7 Å². The molecule has 5 heteroatoms. The van der Waals surface area contributed by atoms with Crippen LogP contribution in [-0.4, -0.2) is 28.7 Å². The van der Waals surface area contributed by atoms with Crippen LogP contribution in [-0.2, 0) is 22.6 Å². The molecule has 1 N–H and O–H groups in total. The van der Waals surface area contributed by atoms with E-state index in [9.17, 15) is 14.4 Å². The van der Waals surface area contributed by atoms with E-state index < -0.39 is 6.04 Å². The first-order valence-corrected chi connectivity index (χ1v) is 8.33. The second-order valence-corrected chi connectivity index (χ2v) is 6.48. The lowest BCUT2D eigenvalue weighted by Crippen LogP contribution is -2.52. The van der Waals surface area contributed by atoms with E-state index in [4.69, 9.17) is 0 Å². The Hall–Kier alpha value is -2.95. The molecule has 0 bridgehead atoms. The van der Waals surface area contributed by atoms with Crippen molar-refractivity contribution in [2.45, 2.75) is 31.8 Å². The Morgan fingerprint density at radius 2 is 2.04 bits per heavy atom. The van der Waals surface area contributed by atoms with Crippen molar-refractivity contribution >= 4 is 17.7 Å². The third kappa shape index (κ3) is 2.93. The maximum atomic E-state index is 12.6. The molecule has 2 aliphatic heterocycles. The number of fused-ring (bicyclic) bond motifs is 1. The van der Waals surface area contributed by atoms with Crippen LogP contribution in [0.25, 0.3) is 0 Å². The van der Waals surface area contributed by atoms with Crippen LogP contribution in [0.1, 0.15) is 39.9 Å². The summed E-state index contributed by atoms with van der Waals surface area (Å²) < 4.78 is 0. The van der Waals surface area contributed by atoms with Gasteiger partial charge in [-0.1, -0.05) is 36.4 Å². The molecule has 0 spiro atoms. The molecule has 1 saturated heterocycles. The molecule has 25 heavy (non-hydrogen) atoms. The summed E-state index contributed by atoms with van der Waals surface area (Å²) in [6.07, 6.45) is 1.43. The summed E-state index contributed by atoms with van der Waals surface area (Å²) in [5.41, 5.74) is 3.87. The summed E-state index contributed by atoms with van der Waals surface area (Å²) in [6, 6.07) is 16.1. The number of benzene rings is 2. The van der Waals surface area contributed by atoms with E-state index in [1.54, 1.807) is 4.90 Å². The average molecular weight is 333 g/mol. The summed E-state index contributed by atoms with van der Waals surface area (Å²) in [5, 5.41) is 2.32. The van der Waals surface area contributed by atoms with Crippen LogP contribution in [0, 0.1) is 6.07 Å². The van der Waals surface area contributed by atoms with Gasteiger partial charge in [0.05, 0.1) is 0 Å². The van der Waals surface area contributed by atoms with E-state index >= 15 is 0 Å². The van der Waals surface area contributed by atoms with Crippen molar-refractivity contribution in [3.05, 3.63) is 70.8 Å². The van der Waals surface area contributed by atoms with Gasteiger partial charge in [-0.2, -0.15) is 0 Å². The summed E-state index contributed by atoms with van der Waals surface area (Å²) in [7, 11) is 0. The highest BCUT2D eigenvalue weighted by molar-refractivity contribution is 6.05. The molecule has 5 nitrogen and oxygen atoms in total. The zero-order valence-corrected chi connectivity index (χ0v) is 13.6. The standard InChI is InChI=1S/C20H17N2O3/c23-18-9-8-17(19(24)21-18)22-12-15-11-14(6-7-16(15)20(22)25)10-13-4-2-1-3-5-13/h1-2,4-7,11,17H,8-10,12H2,(H,21,23,24). The number of carbonyl (C=O) groups is 3. The minimum Gasteiger partial charge on any atom is -0.322 e. The third-order valence-electron chi connectivity index (χ3n) is 4.77. The van der Waals surface area contributed by atoms with Crippen molar-refractivity contribution < 1.29 is 14.4 Å². The maximum Gasteiger partial charge on any atom is 0.255 e. The van der Waals surface area contributed by atoms with Crippen LogP contribution >= 0.6 is 0 Å². The second kappa shape index (κ2) is 6.16. The van der Waals surface area contributed by atoms with E-state index in [-0.39, 0.29) is 24.1 Å². The molecule has 0 aliphatic carbocycles. The fourth-order valence-electron chi connectivity index (χ4n) is 3.51. The summed E-state index contributed by atoms with van der Waals surface area (Å²) >= 11 is 0. The fraction of sp³-hybridized carbons (Fsp3) is 0.250. The van der Waals surface area contributed by atoms with Crippen molar-refractivity contribution in [1.82, 2.24) is 10.2 Å². The number of nitrogens with one attached hydrogen (secondary N) is 1. The molecule has 125 valence electrons. The lowest BCUT2D eigenvalue weighted by Gasteiger charge is -2.29. The summed E-state index contributed by atoms with van der Waals surface area (Å²) in [5.74, 6) is -0.783. The molecule has 0 saturated carbocycles.